The van der Waals surface area contributed by atoms with E-state index in [1.165, 1.54) is 43.2 Å². The summed E-state index contributed by atoms with van der Waals surface area (Å²) in [5.74, 6) is -0.0660. The van der Waals surface area contributed by atoms with Gasteiger partial charge in [-0.2, -0.15) is 0 Å². The average Bonchev–Trinajstić information content (AvgIpc) is 3.38. The molecule has 0 N–H and O–H groups in total. The van der Waals surface area contributed by atoms with Crippen LogP contribution in [0.3, 0.4) is 0 Å². The maximum Gasteiger partial charge on any atom is 0.340 e. The number of fused-ring (bicyclic) bond motifs is 1. The molecule has 0 bridgehead atoms. The van der Waals surface area contributed by atoms with E-state index in [-0.39, 0.29) is 11.9 Å². The third-order valence-electron chi connectivity index (χ3n) is 6.04. The number of methoxy groups -OCH3 is 1. The van der Waals surface area contributed by atoms with Crippen molar-refractivity contribution < 1.29 is 14.3 Å². The van der Waals surface area contributed by atoms with E-state index < -0.39 is 0 Å². The lowest BCUT2D eigenvalue weighted by Gasteiger charge is -2.30. The SMILES string of the molecule is COC(=O)c1c(C(C)C)nc2c(c1C1=CCOCC1)CCC1(CC1)C2. The molecule has 4 heteroatoms. The minimum absolute atomic E-state index is 0.190. The summed E-state index contributed by atoms with van der Waals surface area (Å²) >= 11 is 0. The molecule has 2 aliphatic carbocycles. The number of rotatable bonds is 3. The monoisotopic (exact) mass is 341 g/mol. The van der Waals surface area contributed by atoms with Gasteiger partial charge >= 0.3 is 5.97 Å². The second-order valence-electron chi connectivity index (χ2n) is 8.05. The third-order valence-corrected chi connectivity index (χ3v) is 6.04. The molecule has 0 aromatic carbocycles. The molecule has 1 aromatic rings. The first-order chi connectivity index (χ1) is 12.0. The zero-order valence-electron chi connectivity index (χ0n) is 15.5. The quantitative estimate of drug-likeness (QED) is 0.778. The Balaban J connectivity index is 1.95. The van der Waals surface area contributed by atoms with Gasteiger partial charge in [-0.05, 0) is 66.6 Å². The number of hydrogen-bond donors (Lipinski definition) is 0. The highest BCUT2D eigenvalue weighted by molar-refractivity contribution is 5.97. The minimum Gasteiger partial charge on any atom is -0.465 e. The summed E-state index contributed by atoms with van der Waals surface area (Å²) in [5.41, 5.74) is 6.95. The number of hydrogen-bond acceptors (Lipinski definition) is 4. The minimum atomic E-state index is -0.256. The van der Waals surface area contributed by atoms with E-state index in [9.17, 15) is 4.79 Å². The van der Waals surface area contributed by atoms with Crippen molar-refractivity contribution in [3.63, 3.8) is 0 Å². The molecule has 1 saturated carbocycles. The fraction of sp³-hybridized carbons (Fsp3) is 0.619. The lowest BCUT2D eigenvalue weighted by molar-refractivity contribution is 0.0597. The molecule has 2 heterocycles. The molecule has 4 rings (SSSR count). The number of esters is 1. The van der Waals surface area contributed by atoms with Gasteiger partial charge in [-0.3, -0.25) is 4.98 Å². The van der Waals surface area contributed by atoms with Gasteiger partial charge in [0.2, 0.25) is 0 Å². The standard InChI is InChI=1S/C21H27NO3/c1-13(2)19-18(20(23)24-3)17(14-5-10-25-11-6-14)15-4-7-21(8-9-21)12-16(15)22-19/h5,13H,4,6-12H2,1-3H3. The largest absolute Gasteiger partial charge is 0.465 e. The van der Waals surface area contributed by atoms with Crippen molar-refractivity contribution in [1.82, 2.24) is 4.98 Å². The second-order valence-corrected chi connectivity index (χ2v) is 8.05. The van der Waals surface area contributed by atoms with Crippen LogP contribution in [-0.4, -0.2) is 31.3 Å². The summed E-state index contributed by atoms with van der Waals surface area (Å²) < 4.78 is 10.7. The first-order valence-electron chi connectivity index (χ1n) is 9.46. The van der Waals surface area contributed by atoms with Gasteiger partial charge in [-0.15, -0.1) is 0 Å². The molecular formula is C21H27NO3. The maximum atomic E-state index is 12.7. The molecule has 1 spiro atoms. The fourth-order valence-corrected chi connectivity index (χ4v) is 4.38. The predicted octanol–water partition coefficient (Wildman–Crippen LogP) is 4.06. The van der Waals surface area contributed by atoms with Crippen molar-refractivity contribution in [3.05, 3.63) is 34.2 Å². The van der Waals surface area contributed by atoms with Crippen LogP contribution in [0.15, 0.2) is 6.08 Å². The van der Waals surface area contributed by atoms with Crippen LogP contribution in [0.1, 0.15) is 78.3 Å². The van der Waals surface area contributed by atoms with Crippen LogP contribution < -0.4 is 0 Å². The summed E-state index contributed by atoms with van der Waals surface area (Å²) in [6.07, 6.45) is 8.96. The Morgan fingerprint density at radius 3 is 2.68 bits per heavy atom. The molecule has 1 aliphatic heterocycles. The van der Waals surface area contributed by atoms with Crippen LogP contribution in [-0.2, 0) is 22.3 Å². The van der Waals surface area contributed by atoms with E-state index in [0.29, 0.717) is 24.2 Å². The highest BCUT2D eigenvalue weighted by atomic mass is 16.5. The first kappa shape index (κ1) is 16.8. The summed E-state index contributed by atoms with van der Waals surface area (Å²) in [4.78, 5) is 17.7. The fourth-order valence-electron chi connectivity index (χ4n) is 4.38. The van der Waals surface area contributed by atoms with Crippen molar-refractivity contribution in [3.8, 4) is 0 Å². The van der Waals surface area contributed by atoms with Crippen LogP contribution in [0.2, 0.25) is 0 Å². The van der Waals surface area contributed by atoms with E-state index in [2.05, 4.69) is 19.9 Å². The van der Waals surface area contributed by atoms with Gasteiger partial charge in [0.05, 0.1) is 31.6 Å². The molecule has 0 amide bonds. The lowest BCUT2D eigenvalue weighted by atomic mass is 9.78. The van der Waals surface area contributed by atoms with Gasteiger partial charge < -0.3 is 9.47 Å². The number of nitrogens with zero attached hydrogens (tertiary/aromatic N) is 1. The smallest absolute Gasteiger partial charge is 0.340 e. The number of ether oxygens (including phenoxy) is 2. The second kappa shape index (κ2) is 6.24. The molecule has 1 fully saturated rings. The summed E-state index contributed by atoms with van der Waals surface area (Å²) in [6.45, 7) is 5.55. The Morgan fingerprint density at radius 2 is 2.08 bits per heavy atom. The van der Waals surface area contributed by atoms with Crippen molar-refractivity contribution in [2.45, 2.75) is 58.3 Å². The van der Waals surface area contributed by atoms with Crippen LogP contribution >= 0.6 is 0 Å². The van der Waals surface area contributed by atoms with Gasteiger partial charge in [-0.1, -0.05) is 19.9 Å². The zero-order valence-corrected chi connectivity index (χ0v) is 15.5. The molecular weight excluding hydrogens is 314 g/mol. The van der Waals surface area contributed by atoms with Crippen LogP contribution in [0.25, 0.3) is 5.57 Å². The summed E-state index contributed by atoms with van der Waals surface area (Å²) in [5, 5.41) is 0. The molecule has 25 heavy (non-hydrogen) atoms. The van der Waals surface area contributed by atoms with Gasteiger partial charge in [0, 0.05) is 5.69 Å². The Labute approximate surface area is 149 Å². The molecule has 3 aliphatic rings. The van der Waals surface area contributed by atoms with E-state index in [0.717, 1.165) is 30.5 Å². The van der Waals surface area contributed by atoms with Gasteiger partial charge in [0.15, 0.2) is 0 Å². The lowest BCUT2D eigenvalue weighted by Crippen LogP contribution is -2.24. The molecule has 0 unspecified atom stereocenters. The average molecular weight is 341 g/mol. The molecule has 0 radical (unpaired) electrons. The Hall–Kier alpha value is -1.68. The molecule has 0 saturated heterocycles. The van der Waals surface area contributed by atoms with Crippen molar-refractivity contribution >= 4 is 11.5 Å². The van der Waals surface area contributed by atoms with Crippen LogP contribution in [0.5, 0.6) is 0 Å². The number of aromatic nitrogens is 1. The zero-order chi connectivity index (χ0) is 17.6. The van der Waals surface area contributed by atoms with E-state index in [1.54, 1.807) is 0 Å². The van der Waals surface area contributed by atoms with Gasteiger partial charge in [0.25, 0.3) is 0 Å². The molecule has 1 aromatic heterocycles. The summed E-state index contributed by atoms with van der Waals surface area (Å²) in [6, 6.07) is 0. The maximum absolute atomic E-state index is 12.7. The predicted molar refractivity (Wildman–Crippen MR) is 96.8 cm³/mol. The van der Waals surface area contributed by atoms with Crippen molar-refractivity contribution in [1.29, 1.82) is 0 Å². The van der Waals surface area contributed by atoms with Crippen LogP contribution in [0.4, 0.5) is 0 Å². The Morgan fingerprint density at radius 1 is 1.28 bits per heavy atom. The van der Waals surface area contributed by atoms with Gasteiger partial charge in [0.1, 0.15) is 0 Å². The van der Waals surface area contributed by atoms with Crippen LogP contribution in [0, 0.1) is 5.41 Å². The first-order valence-corrected chi connectivity index (χ1v) is 9.46. The molecule has 134 valence electrons. The third kappa shape index (κ3) is 2.91. The van der Waals surface area contributed by atoms with Crippen molar-refractivity contribution in [2.75, 3.05) is 20.3 Å². The normalized spacial score (nSPS) is 21.0. The van der Waals surface area contributed by atoms with E-state index >= 15 is 0 Å². The van der Waals surface area contributed by atoms with Crippen molar-refractivity contribution in [2.24, 2.45) is 5.41 Å². The number of carbonyl (C=O) groups excluding carboxylic acids is 1. The Kier molecular flexibility index (Phi) is 4.19. The molecule has 0 atom stereocenters. The topological polar surface area (TPSA) is 48.4 Å². The number of pyridine rings is 1. The van der Waals surface area contributed by atoms with Gasteiger partial charge in [-0.25, -0.2) is 4.79 Å². The van der Waals surface area contributed by atoms with E-state index in [1.807, 2.05) is 0 Å². The Bertz CT molecular complexity index is 744. The summed E-state index contributed by atoms with van der Waals surface area (Å²) in [7, 11) is 1.47. The number of carbonyl (C=O) groups is 1. The highest BCUT2D eigenvalue weighted by Gasteiger charge is 2.46. The highest BCUT2D eigenvalue weighted by Crippen LogP contribution is 2.55. The molecule has 4 nitrogen and oxygen atoms in total. The van der Waals surface area contributed by atoms with E-state index in [4.69, 9.17) is 14.5 Å².